The van der Waals surface area contributed by atoms with Gasteiger partial charge in [-0.15, -0.1) is 0 Å². The fraction of sp³-hybridized carbons (Fsp3) is 0.500. The number of nitrogens with zero attached hydrogens (tertiary/aromatic N) is 1. The number of primary amides is 1. The van der Waals surface area contributed by atoms with Gasteiger partial charge in [0.2, 0.25) is 5.82 Å². The summed E-state index contributed by atoms with van der Waals surface area (Å²) in [5.74, 6) is -5.22. The highest BCUT2D eigenvalue weighted by Gasteiger charge is 2.21. The Morgan fingerprint density at radius 1 is 1.27 bits per heavy atom. The fourth-order valence-electron chi connectivity index (χ4n) is 1.66. The summed E-state index contributed by atoms with van der Waals surface area (Å²) in [5.41, 5.74) is 3.89. The number of amides is 1. The van der Waals surface area contributed by atoms with Crippen molar-refractivity contribution in [3.63, 3.8) is 0 Å². The van der Waals surface area contributed by atoms with Gasteiger partial charge in [0.15, 0.2) is 12.4 Å². The van der Waals surface area contributed by atoms with Crippen LogP contribution in [0.2, 0.25) is 0 Å². The lowest BCUT2D eigenvalue weighted by molar-refractivity contribution is -0.146. The van der Waals surface area contributed by atoms with Crippen LogP contribution in [-0.4, -0.2) is 30.1 Å². The number of hydrogen-bond donors (Lipinski definition) is 1. The monoisotopic (exact) mass is 316 g/mol. The fourth-order valence-corrected chi connectivity index (χ4v) is 1.66. The van der Waals surface area contributed by atoms with Crippen molar-refractivity contribution in [1.82, 2.24) is 4.98 Å². The molecule has 0 aromatic carbocycles. The molecule has 0 aliphatic heterocycles. The molecule has 1 heterocycles. The summed E-state index contributed by atoms with van der Waals surface area (Å²) in [7, 11) is 0. The molecule has 6 nitrogen and oxygen atoms in total. The molecule has 0 aliphatic carbocycles. The largest absolute Gasteiger partial charge is 0.464 e. The maximum Gasteiger partial charge on any atom is 0.344 e. The molecule has 0 fully saturated rings. The molecule has 0 spiro atoms. The molecule has 0 bridgehead atoms. The minimum Gasteiger partial charge on any atom is -0.464 e. The lowest BCUT2D eigenvalue weighted by atomic mass is 10.2. The quantitative estimate of drug-likeness (QED) is 0.555. The van der Waals surface area contributed by atoms with Gasteiger partial charge in [-0.05, 0) is 6.42 Å². The van der Waals surface area contributed by atoms with Crippen molar-refractivity contribution in [3.8, 4) is 5.88 Å². The van der Waals surface area contributed by atoms with E-state index in [9.17, 15) is 18.4 Å². The van der Waals surface area contributed by atoms with Crippen LogP contribution in [0.15, 0.2) is 6.20 Å². The van der Waals surface area contributed by atoms with E-state index in [1.165, 1.54) is 0 Å². The van der Waals surface area contributed by atoms with Crippen LogP contribution in [0.5, 0.6) is 5.88 Å². The van der Waals surface area contributed by atoms with E-state index in [1.807, 2.05) is 0 Å². The van der Waals surface area contributed by atoms with Gasteiger partial charge in [0, 0.05) is 0 Å². The van der Waals surface area contributed by atoms with Crippen molar-refractivity contribution in [3.05, 3.63) is 23.4 Å². The second-order valence-corrected chi connectivity index (χ2v) is 4.53. The Morgan fingerprint density at radius 2 is 2.00 bits per heavy atom. The Labute approximate surface area is 126 Å². The highest BCUT2D eigenvalue weighted by molar-refractivity contribution is 5.93. The molecular weight excluding hydrogens is 298 g/mol. The van der Waals surface area contributed by atoms with Crippen LogP contribution in [-0.2, 0) is 9.53 Å². The van der Waals surface area contributed by atoms with Crippen molar-refractivity contribution < 1.29 is 27.8 Å². The van der Waals surface area contributed by atoms with Gasteiger partial charge in [0.25, 0.3) is 11.8 Å². The van der Waals surface area contributed by atoms with Crippen LogP contribution in [0.1, 0.15) is 43.0 Å². The number of carbonyl (C=O) groups excluding carboxylic acids is 2. The van der Waals surface area contributed by atoms with Crippen molar-refractivity contribution >= 4 is 11.9 Å². The van der Waals surface area contributed by atoms with E-state index in [2.05, 4.69) is 11.9 Å². The topological polar surface area (TPSA) is 91.5 Å². The second kappa shape index (κ2) is 8.91. The average molecular weight is 316 g/mol. The zero-order valence-electron chi connectivity index (χ0n) is 12.2. The van der Waals surface area contributed by atoms with Gasteiger partial charge < -0.3 is 15.2 Å². The molecule has 122 valence electrons. The summed E-state index contributed by atoms with van der Waals surface area (Å²) in [5, 5.41) is 0. The van der Waals surface area contributed by atoms with Crippen molar-refractivity contribution in [2.75, 3.05) is 13.2 Å². The summed E-state index contributed by atoms with van der Waals surface area (Å²) >= 11 is 0. The molecular formula is C14H18F2N2O4. The summed E-state index contributed by atoms with van der Waals surface area (Å²) in [6.45, 7) is 1.71. The van der Waals surface area contributed by atoms with Gasteiger partial charge in [0.05, 0.1) is 12.8 Å². The number of hydrogen-bond acceptors (Lipinski definition) is 5. The van der Waals surface area contributed by atoms with Crippen LogP contribution in [0, 0.1) is 11.6 Å². The van der Waals surface area contributed by atoms with E-state index in [-0.39, 0.29) is 6.61 Å². The summed E-state index contributed by atoms with van der Waals surface area (Å²) in [6, 6.07) is 0. The highest BCUT2D eigenvalue weighted by atomic mass is 19.1. The minimum atomic E-state index is -1.34. The normalized spacial score (nSPS) is 10.3. The van der Waals surface area contributed by atoms with Crippen molar-refractivity contribution in [2.24, 2.45) is 5.73 Å². The van der Waals surface area contributed by atoms with Crippen LogP contribution in [0.25, 0.3) is 0 Å². The SMILES string of the molecule is CCCCCCOC(=O)COc1ncc(F)c(C(N)=O)c1F. The van der Waals surface area contributed by atoms with Gasteiger partial charge in [-0.2, -0.15) is 0 Å². The predicted molar refractivity (Wildman–Crippen MR) is 73.3 cm³/mol. The Kier molecular flexibility index (Phi) is 7.21. The third-order valence-electron chi connectivity index (χ3n) is 2.78. The Hall–Kier alpha value is -2.25. The number of rotatable bonds is 9. The number of nitrogens with two attached hydrogens (primary N) is 1. The molecule has 22 heavy (non-hydrogen) atoms. The predicted octanol–water partition coefficient (Wildman–Crippen LogP) is 1.96. The molecule has 1 aromatic rings. The highest BCUT2D eigenvalue weighted by Crippen LogP contribution is 2.19. The maximum atomic E-state index is 13.7. The van der Waals surface area contributed by atoms with E-state index < -0.39 is 41.6 Å². The minimum absolute atomic E-state index is 0.244. The molecule has 0 saturated carbocycles. The molecule has 8 heteroatoms. The first-order valence-corrected chi connectivity index (χ1v) is 6.89. The average Bonchev–Trinajstić information content (AvgIpc) is 2.46. The summed E-state index contributed by atoms with van der Waals surface area (Å²) in [6.07, 6.45) is 4.38. The molecule has 2 N–H and O–H groups in total. The molecule has 1 rings (SSSR count). The molecule has 0 saturated heterocycles. The second-order valence-electron chi connectivity index (χ2n) is 4.53. The smallest absolute Gasteiger partial charge is 0.344 e. The Bertz CT molecular complexity index is 538. The number of aromatic nitrogens is 1. The Balaban J connectivity index is 2.49. The van der Waals surface area contributed by atoms with Gasteiger partial charge in [-0.25, -0.2) is 18.6 Å². The number of esters is 1. The molecule has 0 aliphatic rings. The van der Waals surface area contributed by atoms with E-state index in [4.69, 9.17) is 15.2 Å². The van der Waals surface area contributed by atoms with E-state index in [0.29, 0.717) is 6.20 Å². The van der Waals surface area contributed by atoms with Crippen LogP contribution >= 0.6 is 0 Å². The van der Waals surface area contributed by atoms with Gasteiger partial charge >= 0.3 is 5.97 Å². The zero-order valence-corrected chi connectivity index (χ0v) is 12.2. The summed E-state index contributed by atoms with van der Waals surface area (Å²) < 4.78 is 36.6. The third kappa shape index (κ3) is 5.27. The third-order valence-corrected chi connectivity index (χ3v) is 2.78. The van der Waals surface area contributed by atoms with E-state index >= 15 is 0 Å². The lowest BCUT2D eigenvalue weighted by Gasteiger charge is -2.08. The first-order chi connectivity index (χ1) is 10.5. The Morgan fingerprint density at radius 3 is 2.64 bits per heavy atom. The van der Waals surface area contributed by atoms with Crippen LogP contribution < -0.4 is 10.5 Å². The van der Waals surface area contributed by atoms with Gasteiger partial charge in [0.1, 0.15) is 5.56 Å². The molecule has 1 amide bonds. The standard InChI is InChI=1S/C14H18F2N2O4/c1-2-3-4-5-6-21-10(19)8-22-14-12(16)11(13(17)20)9(15)7-18-14/h7H,2-6,8H2,1H3,(H2,17,20). The molecule has 0 radical (unpaired) electrons. The van der Waals surface area contributed by atoms with Gasteiger partial charge in [-0.3, -0.25) is 4.79 Å². The number of unbranched alkanes of at least 4 members (excludes halogenated alkanes) is 3. The van der Waals surface area contributed by atoms with Crippen LogP contribution in [0.3, 0.4) is 0 Å². The van der Waals surface area contributed by atoms with Gasteiger partial charge in [-0.1, -0.05) is 26.2 Å². The van der Waals surface area contributed by atoms with E-state index in [0.717, 1.165) is 25.7 Å². The molecule has 0 unspecified atom stereocenters. The number of halogens is 2. The van der Waals surface area contributed by atoms with E-state index in [1.54, 1.807) is 0 Å². The molecule has 0 atom stereocenters. The number of ether oxygens (including phenoxy) is 2. The maximum absolute atomic E-state index is 13.7. The summed E-state index contributed by atoms with van der Waals surface area (Å²) in [4.78, 5) is 25.6. The first kappa shape index (κ1) is 17.8. The van der Waals surface area contributed by atoms with Crippen molar-refractivity contribution in [2.45, 2.75) is 32.6 Å². The lowest BCUT2D eigenvalue weighted by Crippen LogP contribution is -2.19. The molecule has 1 aromatic heterocycles. The van der Waals surface area contributed by atoms with Crippen molar-refractivity contribution in [1.29, 1.82) is 0 Å². The van der Waals surface area contributed by atoms with Crippen LogP contribution in [0.4, 0.5) is 8.78 Å². The number of pyridine rings is 1. The number of carbonyl (C=O) groups is 2. The first-order valence-electron chi connectivity index (χ1n) is 6.89. The zero-order chi connectivity index (χ0) is 16.5.